The standard InChI is InChI=1S/C26H32N4O/c1-20-7-9-22(10-8-20)26-23(30-18-13-21(2)19-24(30)28-26)11-12-25(31)27-14-3-4-15-29-16-5-6-17-29/h7-13,18-19H,3-6,14-17H2,1-2H3,(H,27,31)/b12-11+. The van der Waals surface area contributed by atoms with Gasteiger partial charge in [-0.15, -0.1) is 0 Å². The van der Waals surface area contributed by atoms with E-state index < -0.39 is 0 Å². The summed E-state index contributed by atoms with van der Waals surface area (Å²) in [4.78, 5) is 19.8. The van der Waals surface area contributed by atoms with Crippen molar-refractivity contribution in [1.29, 1.82) is 0 Å². The first kappa shape index (κ1) is 21.3. The third-order valence-corrected chi connectivity index (χ3v) is 5.94. The van der Waals surface area contributed by atoms with Gasteiger partial charge in [-0.3, -0.25) is 9.20 Å². The van der Waals surface area contributed by atoms with Gasteiger partial charge in [0.1, 0.15) is 5.65 Å². The fraction of sp³-hybridized carbons (Fsp3) is 0.385. The Morgan fingerprint density at radius 2 is 1.84 bits per heavy atom. The van der Waals surface area contributed by atoms with E-state index in [9.17, 15) is 4.79 Å². The Bertz CT molecular complexity index is 1060. The van der Waals surface area contributed by atoms with Gasteiger partial charge in [0.15, 0.2) is 0 Å². The predicted molar refractivity (Wildman–Crippen MR) is 127 cm³/mol. The van der Waals surface area contributed by atoms with Crippen LogP contribution in [0, 0.1) is 13.8 Å². The summed E-state index contributed by atoms with van der Waals surface area (Å²) in [6, 6.07) is 12.5. The Labute approximate surface area is 184 Å². The van der Waals surface area contributed by atoms with Gasteiger partial charge in [0, 0.05) is 24.4 Å². The van der Waals surface area contributed by atoms with Crippen LogP contribution >= 0.6 is 0 Å². The molecule has 1 amide bonds. The minimum Gasteiger partial charge on any atom is -0.353 e. The number of aryl methyl sites for hydroxylation is 2. The van der Waals surface area contributed by atoms with Gasteiger partial charge in [0.05, 0.1) is 11.4 Å². The highest BCUT2D eigenvalue weighted by Gasteiger charge is 2.13. The average molecular weight is 417 g/mol. The lowest BCUT2D eigenvalue weighted by Crippen LogP contribution is -2.24. The molecule has 0 bridgehead atoms. The average Bonchev–Trinajstić information content (AvgIpc) is 3.40. The van der Waals surface area contributed by atoms with Gasteiger partial charge in [0.2, 0.25) is 5.91 Å². The summed E-state index contributed by atoms with van der Waals surface area (Å²) >= 11 is 0. The molecule has 0 radical (unpaired) electrons. The van der Waals surface area contributed by atoms with Crippen molar-refractivity contribution < 1.29 is 4.79 Å². The number of nitrogens with one attached hydrogen (secondary N) is 1. The number of imidazole rings is 1. The number of aromatic nitrogens is 2. The topological polar surface area (TPSA) is 49.6 Å². The normalized spacial score (nSPS) is 14.6. The molecule has 1 N–H and O–H groups in total. The molecule has 2 aromatic heterocycles. The summed E-state index contributed by atoms with van der Waals surface area (Å²) in [7, 11) is 0. The molecule has 0 aliphatic carbocycles. The predicted octanol–water partition coefficient (Wildman–Crippen LogP) is 4.62. The number of rotatable bonds is 8. The Morgan fingerprint density at radius 1 is 1.06 bits per heavy atom. The summed E-state index contributed by atoms with van der Waals surface area (Å²) in [5, 5.41) is 3.02. The zero-order chi connectivity index (χ0) is 21.6. The van der Waals surface area contributed by atoms with E-state index in [4.69, 9.17) is 4.98 Å². The first-order valence-electron chi connectivity index (χ1n) is 11.3. The van der Waals surface area contributed by atoms with Crippen LogP contribution < -0.4 is 5.32 Å². The quantitative estimate of drug-likeness (QED) is 0.430. The first-order valence-corrected chi connectivity index (χ1v) is 11.3. The van der Waals surface area contributed by atoms with E-state index >= 15 is 0 Å². The fourth-order valence-corrected chi connectivity index (χ4v) is 4.14. The van der Waals surface area contributed by atoms with Gasteiger partial charge < -0.3 is 10.2 Å². The Morgan fingerprint density at radius 3 is 2.61 bits per heavy atom. The molecule has 162 valence electrons. The maximum absolute atomic E-state index is 12.4. The van der Waals surface area contributed by atoms with E-state index in [0.717, 1.165) is 47.5 Å². The monoisotopic (exact) mass is 416 g/mol. The molecule has 3 heterocycles. The van der Waals surface area contributed by atoms with E-state index in [-0.39, 0.29) is 5.91 Å². The molecule has 1 aliphatic heterocycles. The first-order chi connectivity index (χ1) is 15.1. The number of hydrogen-bond acceptors (Lipinski definition) is 3. The fourth-order valence-electron chi connectivity index (χ4n) is 4.14. The number of nitrogens with zero attached hydrogens (tertiary/aromatic N) is 3. The lowest BCUT2D eigenvalue weighted by molar-refractivity contribution is -0.116. The summed E-state index contributed by atoms with van der Waals surface area (Å²) < 4.78 is 2.04. The van der Waals surface area contributed by atoms with Crippen molar-refractivity contribution >= 4 is 17.6 Å². The second kappa shape index (κ2) is 9.92. The maximum atomic E-state index is 12.4. The van der Waals surface area contributed by atoms with E-state index in [2.05, 4.69) is 60.5 Å². The second-order valence-electron chi connectivity index (χ2n) is 8.52. The molecule has 1 saturated heterocycles. The number of unbranched alkanes of at least 4 members (excludes halogenated alkanes) is 1. The number of carbonyl (C=O) groups excluding carboxylic acids is 1. The number of hydrogen-bond donors (Lipinski definition) is 1. The van der Waals surface area contributed by atoms with Gasteiger partial charge >= 0.3 is 0 Å². The van der Waals surface area contributed by atoms with Crippen LogP contribution in [0.1, 0.15) is 42.5 Å². The molecule has 1 fully saturated rings. The summed E-state index contributed by atoms with van der Waals surface area (Å²) in [5.74, 6) is -0.0573. The van der Waals surface area contributed by atoms with Gasteiger partial charge in [-0.05, 0) is 82.9 Å². The Balaban J connectivity index is 1.43. The second-order valence-corrected chi connectivity index (χ2v) is 8.52. The Hall–Kier alpha value is -2.92. The van der Waals surface area contributed by atoms with Crippen LogP contribution in [0.25, 0.3) is 23.0 Å². The zero-order valence-electron chi connectivity index (χ0n) is 18.6. The number of amides is 1. The third kappa shape index (κ3) is 5.42. The lowest BCUT2D eigenvalue weighted by atomic mass is 10.1. The van der Waals surface area contributed by atoms with Gasteiger partial charge in [-0.2, -0.15) is 0 Å². The zero-order valence-corrected chi connectivity index (χ0v) is 18.6. The molecule has 1 aromatic carbocycles. The van der Waals surface area contributed by atoms with Crippen molar-refractivity contribution in [1.82, 2.24) is 19.6 Å². The van der Waals surface area contributed by atoms with E-state index in [1.165, 1.54) is 31.5 Å². The van der Waals surface area contributed by atoms with Gasteiger partial charge in [0.25, 0.3) is 0 Å². The van der Waals surface area contributed by atoms with Crippen molar-refractivity contribution in [3.8, 4) is 11.3 Å². The van der Waals surface area contributed by atoms with Crippen molar-refractivity contribution in [2.24, 2.45) is 0 Å². The van der Waals surface area contributed by atoms with Crippen molar-refractivity contribution in [2.75, 3.05) is 26.2 Å². The number of carbonyl (C=O) groups is 1. The van der Waals surface area contributed by atoms with E-state index in [1.807, 2.05) is 16.7 Å². The summed E-state index contributed by atoms with van der Waals surface area (Å²) in [6.45, 7) is 8.47. The maximum Gasteiger partial charge on any atom is 0.244 e. The van der Waals surface area contributed by atoms with Gasteiger partial charge in [-0.25, -0.2) is 4.98 Å². The smallest absolute Gasteiger partial charge is 0.244 e. The summed E-state index contributed by atoms with van der Waals surface area (Å²) in [5.41, 5.74) is 6.12. The van der Waals surface area contributed by atoms with Crippen LogP contribution in [-0.4, -0.2) is 46.4 Å². The van der Waals surface area contributed by atoms with Crippen molar-refractivity contribution in [2.45, 2.75) is 39.5 Å². The minimum atomic E-state index is -0.0573. The Kier molecular flexibility index (Phi) is 6.82. The molecule has 31 heavy (non-hydrogen) atoms. The van der Waals surface area contributed by atoms with Crippen LogP contribution in [0.15, 0.2) is 48.7 Å². The molecule has 0 atom stereocenters. The minimum absolute atomic E-state index is 0.0573. The van der Waals surface area contributed by atoms with E-state index in [1.54, 1.807) is 6.08 Å². The molecule has 0 unspecified atom stereocenters. The van der Waals surface area contributed by atoms with Crippen LogP contribution in [0.3, 0.4) is 0 Å². The number of fused-ring (bicyclic) bond motifs is 1. The SMILES string of the molecule is Cc1ccc(-c2nc3cc(C)ccn3c2/C=C/C(=O)NCCCCN2CCCC2)cc1. The largest absolute Gasteiger partial charge is 0.353 e. The number of pyridine rings is 1. The van der Waals surface area contributed by atoms with E-state index in [0.29, 0.717) is 6.54 Å². The number of benzene rings is 1. The molecule has 5 heteroatoms. The molecule has 5 nitrogen and oxygen atoms in total. The molecule has 1 aliphatic rings. The molecule has 3 aromatic rings. The third-order valence-electron chi connectivity index (χ3n) is 5.94. The molecule has 4 rings (SSSR count). The highest BCUT2D eigenvalue weighted by Crippen LogP contribution is 2.26. The van der Waals surface area contributed by atoms with Crippen molar-refractivity contribution in [3.05, 3.63) is 65.5 Å². The van der Waals surface area contributed by atoms with Crippen LogP contribution in [0.5, 0.6) is 0 Å². The van der Waals surface area contributed by atoms with Crippen LogP contribution in [0.4, 0.5) is 0 Å². The molecule has 0 spiro atoms. The van der Waals surface area contributed by atoms with Gasteiger partial charge in [-0.1, -0.05) is 29.8 Å². The number of likely N-dealkylation sites (tertiary alicyclic amines) is 1. The van der Waals surface area contributed by atoms with Crippen molar-refractivity contribution in [3.63, 3.8) is 0 Å². The summed E-state index contributed by atoms with van der Waals surface area (Å²) in [6.07, 6.45) is 10.3. The molecular formula is C26H32N4O. The van der Waals surface area contributed by atoms with Crippen LogP contribution in [-0.2, 0) is 4.79 Å². The molecular weight excluding hydrogens is 384 g/mol. The van der Waals surface area contributed by atoms with Crippen LogP contribution in [0.2, 0.25) is 0 Å². The highest BCUT2D eigenvalue weighted by atomic mass is 16.1. The lowest BCUT2D eigenvalue weighted by Gasteiger charge is -2.13. The highest BCUT2D eigenvalue weighted by molar-refractivity contribution is 5.92. The molecule has 0 saturated carbocycles.